The zero-order valence-corrected chi connectivity index (χ0v) is 11.1. The monoisotopic (exact) mass is 260 g/mol. The first kappa shape index (κ1) is 12.7. The topological polar surface area (TPSA) is 46.5 Å². The number of benzene rings is 1. The Morgan fingerprint density at radius 2 is 1.95 bits per heavy atom. The second-order valence-corrected chi connectivity index (χ2v) is 5.90. The third-order valence-corrected chi connectivity index (χ3v) is 4.52. The van der Waals surface area contributed by atoms with Crippen LogP contribution in [0.5, 0.6) is 0 Å². The van der Waals surface area contributed by atoms with Gasteiger partial charge in [0.25, 0.3) is 0 Å². The molecule has 1 aliphatic carbocycles. The van der Waals surface area contributed by atoms with Crippen molar-refractivity contribution in [3.05, 3.63) is 35.4 Å². The van der Waals surface area contributed by atoms with Crippen LogP contribution in [0.4, 0.5) is 0 Å². The van der Waals surface area contributed by atoms with Crippen molar-refractivity contribution in [1.82, 2.24) is 0 Å². The SMILES string of the molecule is O=C(O)C1(CC2CCCCO2)Cc2ccccc2C1. The molecule has 1 saturated heterocycles. The fraction of sp³-hybridized carbons (Fsp3) is 0.562. The Labute approximate surface area is 113 Å². The molecule has 3 heteroatoms. The highest BCUT2D eigenvalue weighted by molar-refractivity contribution is 5.77. The summed E-state index contributed by atoms with van der Waals surface area (Å²) in [5.74, 6) is -0.669. The van der Waals surface area contributed by atoms with Crippen LogP contribution >= 0.6 is 0 Å². The number of carboxylic acid groups (broad SMARTS) is 1. The molecule has 1 aliphatic heterocycles. The summed E-state index contributed by atoms with van der Waals surface area (Å²) in [7, 11) is 0. The van der Waals surface area contributed by atoms with E-state index in [4.69, 9.17) is 4.74 Å². The molecule has 2 aliphatic rings. The van der Waals surface area contributed by atoms with Crippen LogP contribution in [0.25, 0.3) is 0 Å². The minimum Gasteiger partial charge on any atom is -0.481 e. The predicted molar refractivity (Wildman–Crippen MR) is 72.1 cm³/mol. The number of carbonyl (C=O) groups is 1. The molecule has 102 valence electrons. The first-order valence-corrected chi connectivity index (χ1v) is 7.11. The van der Waals surface area contributed by atoms with Crippen LogP contribution in [-0.4, -0.2) is 23.8 Å². The molecule has 1 heterocycles. The molecular formula is C16H20O3. The Bertz CT molecular complexity index is 450. The Morgan fingerprint density at radius 1 is 1.26 bits per heavy atom. The molecule has 0 saturated carbocycles. The normalized spacial score (nSPS) is 24.9. The van der Waals surface area contributed by atoms with Gasteiger partial charge in [0.15, 0.2) is 0 Å². The molecule has 3 nitrogen and oxygen atoms in total. The van der Waals surface area contributed by atoms with E-state index in [-0.39, 0.29) is 6.10 Å². The van der Waals surface area contributed by atoms with Gasteiger partial charge >= 0.3 is 5.97 Å². The van der Waals surface area contributed by atoms with E-state index in [9.17, 15) is 9.90 Å². The zero-order valence-electron chi connectivity index (χ0n) is 11.1. The highest BCUT2D eigenvalue weighted by atomic mass is 16.5. The largest absolute Gasteiger partial charge is 0.481 e. The minimum atomic E-state index is -0.669. The fourth-order valence-electron chi connectivity index (χ4n) is 3.48. The highest BCUT2D eigenvalue weighted by Gasteiger charge is 2.45. The van der Waals surface area contributed by atoms with Crippen LogP contribution in [0, 0.1) is 5.41 Å². The Balaban J connectivity index is 1.80. The van der Waals surface area contributed by atoms with E-state index < -0.39 is 11.4 Å². The van der Waals surface area contributed by atoms with Gasteiger partial charge in [0.05, 0.1) is 11.5 Å². The van der Waals surface area contributed by atoms with E-state index >= 15 is 0 Å². The van der Waals surface area contributed by atoms with Gasteiger partial charge in [0.1, 0.15) is 0 Å². The van der Waals surface area contributed by atoms with Crippen molar-refractivity contribution in [2.75, 3.05) is 6.61 Å². The number of aliphatic carboxylic acids is 1. The van der Waals surface area contributed by atoms with Gasteiger partial charge in [-0.2, -0.15) is 0 Å². The Hall–Kier alpha value is -1.35. The quantitative estimate of drug-likeness (QED) is 0.909. The molecular weight excluding hydrogens is 240 g/mol. The summed E-state index contributed by atoms with van der Waals surface area (Å²) in [4.78, 5) is 11.8. The molecule has 0 aromatic heterocycles. The van der Waals surface area contributed by atoms with Crippen molar-refractivity contribution in [2.24, 2.45) is 5.41 Å². The third kappa shape index (κ3) is 2.39. The van der Waals surface area contributed by atoms with E-state index in [1.54, 1.807) is 0 Å². The average molecular weight is 260 g/mol. The smallest absolute Gasteiger partial charge is 0.310 e. The van der Waals surface area contributed by atoms with E-state index in [1.807, 2.05) is 12.1 Å². The number of rotatable bonds is 3. The summed E-state index contributed by atoms with van der Waals surface area (Å²) in [5.41, 5.74) is 1.74. The second-order valence-electron chi connectivity index (χ2n) is 5.90. The standard InChI is InChI=1S/C16H20O3/c17-15(18)16(11-14-7-3-4-8-19-14)9-12-5-1-2-6-13(12)10-16/h1-2,5-6,14H,3-4,7-11H2,(H,17,18). The van der Waals surface area contributed by atoms with Gasteiger partial charge in [-0.3, -0.25) is 4.79 Å². The summed E-state index contributed by atoms with van der Waals surface area (Å²) < 4.78 is 5.75. The van der Waals surface area contributed by atoms with Crippen LogP contribution in [-0.2, 0) is 22.4 Å². The minimum absolute atomic E-state index is 0.124. The lowest BCUT2D eigenvalue weighted by Gasteiger charge is -2.31. The molecule has 1 atom stereocenters. The average Bonchev–Trinajstić information content (AvgIpc) is 2.79. The van der Waals surface area contributed by atoms with Gasteiger partial charge in [-0.05, 0) is 49.7 Å². The number of carboxylic acids is 1. The lowest BCUT2D eigenvalue weighted by atomic mass is 9.78. The molecule has 1 fully saturated rings. The Morgan fingerprint density at radius 3 is 2.47 bits per heavy atom. The van der Waals surface area contributed by atoms with Gasteiger partial charge in [-0.25, -0.2) is 0 Å². The second kappa shape index (κ2) is 4.97. The van der Waals surface area contributed by atoms with Crippen molar-refractivity contribution < 1.29 is 14.6 Å². The summed E-state index contributed by atoms with van der Waals surface area (Å²) in [5, 5.41) is 9.71. The lowest BCUT2D eigenvalue weighted by molar-refractivity contribution is -0.151. The van der Waals surface area contributed by atoms with Crippen LogP contribution in [0.3, 0.4) is 0 Å². The molecule has 0 amide bonds. The maximum Gasteiger partial charge on any atom is 0.310 e. The van der Waals surface area contributed by atoms with Gasteiger partial charge in [0, 0.05) is 6.61 Å². The summed E-state index contributed by atoms with van der Waals surface area (Å²) in [6.07, 6.45) is 5.35. The predicted octanol–water partition coefficient (Wildman–Crippen LogP) is 2.82. The number of fused-ring (bicyclic) bond motifs is 1. The van der Waals surface area contributed by atoms with Gasteiger partial charge < -0.3 is 9.84 Å². The van der Waals surface area contributed by atoms with Gasteiger partial charge in [-0.1, -0.05) is 24.3 Å². The highest BCUT2D eigenvalue weighted by Crippen LogP contribution is 2.42. The molecule has 1 aromatic rings. The molecule has 0 bridgehead atoms. The van der Waals surface area contributed by atoms with Crippen LogP contribution in [0.1, 0.15) is 36.8 Å². The maximum atomic E-state index is 11.8. The van der Waals surface area contributed by atoms with E-state index in [0.29, 0.717) is 19.3 Å². The van der Waals surface area contributed by atoms with Crippen LogP contribution in [0.2, 0.25) is 0 Å². The third-order valence-electron chi connectivity index (χ3n) is 4.52. The van der Waals surface area contributed by atoms with E-state index in [0.717, 1.165) is 25.9 Å². The van der Waals surface area contributed by atoms with Crippen molar-refractivity contribution >= 4 is 5.97 Å². The van der Waals surface area contributed by atoms with Crippen molar-refractivity contribution in [3.63, 3.8) is 0 Å². The van der Waals surface area contributed by atoms with Gasteiger partial charge in [0.2, 0.25) is 0 Å². The summed E-state index contributed by atoms with van der Waals surface area (Å²) in [6.45, 7) is 0.785. The Kier molecular flexibility index (Phi) is 3.31. The van der Waals surface area contributed by atoms with E-state index in [1.165, 1.54) is 11.1 Å². The first-order chi connectivity index (χ1) is 9.20. The molecule has 19 heavy (non-hydrogen) atoms. The molecule has 3 rings (SSSR count). The number of ether oxygens (including phenoxy) is 1. The van der Waals surface area contributed by atoms with Crippen LogP contribution < -0.4 is 0 Å². The zero-order chi connectivity index (χ0) is 13.3. The summed E-state index contributed by atoms with van der Waals surface area (Å²) in [6, 6.07) is 8.10. The van der Waals surface area contributed by atoms with Crippen molar-refractivity contribution in [3.8, 4) is 0 Å². The summed E-state index contributed by atoms with van der Waals surface area (Å²) >= 11 is 0. The molecule has 0 radical (unpaired) electrons. The van der Waals surface area contributed by atoms with Gasteiger partial charge in [-0.15, -0.1) is 0 Å². The van der Waals surface area contributed by atoms with E-state index in [2.05, 4.69) is 12.1 Å². The van der Waals surface area contributed by atoms with Crippen LogP contribution in [0.15, 0.2) is 24.3 Å². The van der Waals surface area contributed by atoms with Crippen molar-refractivity contribution in [1.29, 1.82) is 0 Å². The first-order valence-electron chi connectivity index (χ1n) is 7.11. The maximum absolute atomic E-state index is 11.8. The fourth-order valence-corrected chi connectivity index (χ4v) is 3.48. The molecule has 1 aromatic carbocycles. The van der Waals surface area contributed by atoms with Crippen molar-refractivity contribution in [2.45, 2.75) is 44.6 Å². The lowest BCUT2D eigenvalue weighted by Crippen LogP contribution is -2.37. The number of hydrogen-bond donors (Lipinski definition) is 1. The molecule has 1 unspecified atom stereocenters. The molecule has 1 N–H and O–H groups in total. The number of hydrogen-bond acceptors (Lipinski definition) is 2. The molecule has 0 spiro atoms.